The number of allylic oxidation sites excluding steroid dienone is 4. The van der Waals surface area contributed by atoms with Crippen molar-refractivity contribution in [3.8, 4) is 0 Å². The van der Waals surface area contributed by atoms with Crippen molar-refractivity contribution in [2.75, 3.05) is 10.7 Å². The normalized spacial score (nSPS) is 18.6. The molecule has 3 aromatic rings. The van der Waals surface area contributed by atoms with Crippen molar-refractivity contribution in [3.63, 3.8) is 0 Å². The molecule has 0 bridgehead atoms. The highest BCUT2D eigenvalue weighted by Gasteiger charge is 2.30. The van der Waals surface area contributed by atoms with Crippen LogP contribution in [0.4, 0.5) is 5.69 Å². The number of hydrogen-bond acceptors (Lipinski definition) is 5. The molecule has 1 unspecified atom stereocenters. The van der Waals surface area contributed by atoms with Gasteiger partial charge in [-0.3, -0.25) is 4.55 Å². The molecule has 0 saturated carbocycles. The number of nitrogens with zero attached hydrogens (tertiary/aromatic N) is 2. The van der Waals surface area contributed by atoms with Crippen molar-refractivity contribution in [1.29, 1.82) is 0 Å². The molecular weight excluding hydrogens is 579 g/mol. The van der Waals surface area contributed by atoms with Gasteiger partial charge in [0.25, 0.3) is 15.1 Å². The number of aromatic nitrogens is 1. The highest BCUT2D eigenvalue weighted by molar-refractivity contribution is 8.03. The van der Waals surface area contributed by atoms with Gasteiger partial charge in [0.2, 0.25) is 5.52 Å². The maximum Gasteiger partial charge on any atom is 0.265 e. The van der Waals surface area contributed by atoms with Crippen molar-refractivity contribution in [1.82, 2.24) is 0 Å². The first kappa shape index (κ1) is 27.5. The minimum absolute atomic E-state index is 0.202. The fourth-order valence-electron chi connectivity index (χ4n) is 4.63. The summed E-state index contributed by atoms with van der Waals surface area (Å²) in [5, 5.41) is 3.48. The number of aryl methyl sites for hydroxylation is 1. The van der Waals surface area contributed by atoms with Gasteiger partial charge in [0, 0.05) is 33.5 Å². The smallest absolute Gasteiger partial charge is 0.265 e. The summed E-state index contributed by atoms with van der Waals surface area (Å²) in [6.07, 6.45) is 15.0. The highest BCUT2D eigenvalue weighted by Crippen LogP contribution is 2.49. The Labute approximate surface area is 241 Å². The molecular formula is C28H27Cl2N2O3S3+. The molecule has 1 aliphatic heterocycles. The van der Waals surface area contributed by atoms with Crippen molar-refractivity contribution in [3.05, 3.63) is 92.4 Å². The third kappa shape index (κ3) is 6.22. The Morgan fingerprint density at radius 1 is 1.18 bits per heavy atom. The van der Waals surface area contributed by atoms with Crippen molar-refractivity contribution < 1.29 is 17.5 Å². The van der Waals surface area contributed by atoms with Crippen LogP contribution in [0.5, 0.6) is 0 Å². The molecule has 0 fully saturated rings. The molecule has 2 aliphatic rings. The molecule has 1 aromatic heterocycles. The van der Waals surface area contributed by atoms with E-state index in [1.807, 2.05) is 30.3 Å². The van der Waals surface area contributed by atoms with Crippen LogP contribution in [0.1, 0.15) is 31.2 Å². The zero-order valence-corrected chi connectivity index (χ0v) is 24.6. The largest absolute Gasteiger partial charge is 0.328 e. The summed E-state index contributed by atoms with van der Waals surface area (Å²) in [6.45, 7) is 2.58. The SMILES string of the molecule is CCC(=Cc1sc2ccc(Cl)cc2[n+]1CCCS(=O)(=O)O)C=C1Sc2ccc(Cl)cc2N1C1C=CC=CC1. The lowest BCUT2D eigenvalue weighted by atomic mass is 10.1. The van der Waals surface area contributed by atoms with Crippen LogP contribution < -0.4 is 9.47 Å². The molecule has 0 amide bonds. The molecule has 10 heteroatoms. The van der Waals surface area contributed by atoms with Gasteiger partial charge in [0.1, 0.15) is 4.70 Å². The van der Waals surface area contributed by atoms with Crippen molar-refractivity contribution in [2.24, 2.45) is 0 Å². The molecule has 1 atom stereocenters. The van der Waals surface area contributed by atoms with Gasteiger partial charge in [0.15, 0.2) is 6.54 Å². The van der Waals surface area contributed by atoms with Crippen LogP contribution in [0.15, 0.2) is 82.3 Å². The average Bonchev–Trinajstić information content (AvgIpc) is 3.40. The molecule has 38 heavy (non-hydrogen) atoms. The van der Waals surface area contributed by atoms with Gasteiger partial charge < -0.3 is 4.90 Å². The fraction of sp³-hybridized carbons (Fsp3) is 0.250. The first-order valence-corrected chi connectivity index (χ1v) is 16.3. The van der Waals surface area contributed by atoms with Gasteiger partial charge in [-0.05, 0) is 54.8 Å². The predicted molar refractivity (Wildman–Crippen MR) is 161 cm³/mol. The maximum atomic E-state index is 11.3. The number of benzene rings is 2. The Kier molecular flexibility index (Phi) is 8.38. The number of thiazole rings is 1. The van der Waals surface area contributed by atoms with Gasteiger partial charge in [-0.15, -0.1) is 0 Å². The lowest BCUT2D eigenvalue weighted by molar-refractivity contribution is -0.668. The molecule has 5 rings (SSSR count). The van der Waals surface area contributed by atoms with E-state index in [9.17, 15) is 13.0 Å². The molecule has 2 heterocycles. The van der Waals surface area contributed by atoms with Crippen LogP contribution in [0.25, 0.3) is 16.3 Å². The van der Waals surface area contributed by atoms with Crippen molar-refractivity contribution in [2.45, 2.75) is 43.7 Å². The topological polar surface area (TPSA) is 61.5 Å². The summed E-state index contributed by atoms with van der Waals surface area (Å²) in [5.41, 5.74) is 3.21. The lowest BCUT2D eigenvalue weighted by Gasteiger charge is -2.29. The second-order valence-corrected chi connectivity index (χ2v) is 13.7. The quantitative estimate of drug-likeness (QED) is 0.209. The Hall–Kier alpha value is -2.07. The van der Waals surface area contributed by atoms with Crippen LogP contribution in [0.2, 0.25) is 10.0 Å². The van der Waals surface area contributed by atoms with E-state index < -0.39 is 10.1 Å². The van der Waals surface area contributed by atoms with Gasteiger partial charge >= 0.3 is 0 Å². The van der Waals surface area contributed by atoms with E-state index >= 15 is 0 Å². The Morgan fingerprint density at radius 3 is 2.71 bits per heavy atom. The summed E-state index contributed by atoms with van der Waals surface area (Å²) in [6, 6.07) is 12.0. The number of halogens is 2. The maximum absolute atomic E-state index is 11.3. The van der Waals surface area contributed by atoms with E-state index in [1.54, 1.807) is 23.1 Å². The minimum Gasteiger partial charge on any atom is -0.328 e. The third-order valence-electron chi connectivity index (χ3n) is 6.42. The molecule has 1 aliphatic carbocycles. The predicted octanol–water partition coefficient (Wildman–Crippen LogP) is 7.91. The minimum atomic E-state index is -4.03. The van der Waals surface area contributed by atoms with Crippen LogP contribution in [-0.4, -0.2) is 24.8 Å². The molecule has 198 valence electrons. The van der Waals surface area contributed by atoms with Crippen LogP contribution in [0, 0.1) is 0 Å². The summed E-state index contributed by atoms with van der Waals surface area (Å²) in [7, 11) is -4.03. The summed E-state index contributed by atoms with van der Waals surface area (Å²) in [5.74, 6) is -0.290. The van der Waals surface area contributed by atoms with Crippen LogP contribution >= 0.6 is 46.3 Å². The summed E-state index contributed by atoms with van der Waals surface area (Å²) in [4.78, 5) is 3.54. The van der Waals surface area contributed by atoms with Crippen LogP contribution in [0.3, 0.4) is 0 Å². The van der Waals surface area contributed by atoms with E-state index in [4.69, 9.17) is 23.2 Å². The second-order valence-electron chi connectivity index (χ2n) is 9.10. The van der Waals surface area contributed by atoms with E-state index in [-0.39, 0.29) is 11.8 Å². The zero-order chi connectivity index (χ0) is 26.9. The summed E-state index contributed by atoms with van der Waals surface area (Å²) < 4.78 is 35.1. The molecule has 2 aromatic carbocycles. The second kappa shape index (κ2) is 11.6. The van der Waals surface area contributed by atoms with E-state index in [0.29, 0.717) is 23.0 Å². The third-order valence-corrected chi connectivity index (χ3v) is 9.90. The number of fused-ring (bicyclic) bond motifs is 2. The van der Waals surface area contributed by atoms with E-state index in [1.165, 1.54) is 4.90 Å². The molecule has 5 nitrogen and oxygen atoms in total. The number of hydrogen-bond donors (Lipinski definition) is 1. The van der Waals surface area contributed by atoms with Gasteiger partial charge in [0.05, 0.1) is 22.5 Å². The highest BCUT2D eigenvalue weighted by atomic mass is 35.5. The van der Waals surface area contributed by atoms with Gasteiger partial charge in [-0.2, -0.15) is 13.0 Å². The lowest BCUT2D eigenvalue weighted by Crippen LogP contribution is -2.36. The van der Waals surface area contributed by atoms with Gasteiger partial charge in [-0.1, -0.05) is 77.5 Å². The standard InChI is InChI=1S/C28H26Cl2N2O3S3/c1-2-19(15-27-31(13-6-14-38(33,34)35)23-17-20(29)9-11-25(23)36-27)16-28-32(22-7-4-3-5-8-22)24-18-21(30)10-12-26(24)37-28/h3-5,7,9-12,15-18,22H,2,6,8,13-14H2,1H3/p+1. The average molecular weight is 607 g/mol. The Bertz CT molecular complexity index is 1610. The van der Waals surface area contributed by atoms with E-state index in [2.05, 4.69) is 58.9 Å². The fourth-order valence-corrected chi connectivity index (χ4v) is 7.76. The summed E-state index contributed by atoms with van der Waals surface area (Å²) >= 11 is 16.1. The van der Waals surface area contributed by atoms with Gasteiger partial charge in [-0.25, -0.2) is 0 Å². The molecule has 0 spiro atoms. The van der Waals surface area contributed by atoms with Crippen molar-refractivity contribution >= 4 is 78.4 Å². The first-order valence-electron chi connectivity index (χ1n) is 12.3. The number of rotatable bonds is 8. The number of anilines is 1. The Morgan fingerprint density at radius 2 is 1.97 bits per heavy atom. The molecule has 1 N–H and O–H groups in total. The monoisotopic (exact) mass is 605 g/mol. The zero-order valence-electron chi connectivity index (χ0n) is 20.7. The Balaban J connectivity index is 1.54. The molecule has 0 radical (unpaired) electrons. The molecule has 0 saturated heterocycles. The van der Waals surface area contributed by atoms with E-state index in [0.717, 1.165) is 44.4 Å². The van der Waals surface area contributed by atoms with Crippen LogP contribution in [-0.2, 0) is 16.7 Å². The number of thioether (sulfide) groups is 1. The first-order chi connectivity index (χ1) is 18.2.